The maximum absolute atomic E-state index is 12.7. The van der Waals surface area contributed by atoms with E-state index in [-0.39, 0.29) is 22.5 Å². The molecule has 1 amide bonds. The van der Waals surface area contributed by atoms with E-state index >= 15 is 0 Å². The molecule has 0 fully saturated rings. The lowest BCUT2D eigenvalue weighted by Gasteiger charge is -2.12. The zero-order valence-electron chi connectivity index (χ0n) is 16.7. The first-order valence-corrected chi connectivity index (χ1v) is 9.53. The van der Waals surface area contributed by atoms with Crippen molar-refractivity contribution in [3.63, 3.8) is 0 Å². The molecule has 3 rings (SSSR count). The summed E-state index contributed by atoms with van der Waals surface area (Å²) in [5.41, 5.74) is 0.0428. The van der Waals surface area contributed by atoms with Gasteiger partial charge in [0.05, 0.1) is 35.3 Å². The Morgan fingerprint density at radius 3 is 2.58 bits per heavy atom. The number of aryl methyl sites for hydroxylation is 1. The summed E-state index contributed by atoms with van der Waals surface area (Å²) in [5.74, 6) is -0.900. The molecule has 11 nitrogen and oxygen atoms in total. The number of aromatic nitrogens is 3. The highest BCUT2D eigenvalue weighted by molar-refractivity contribution is 7.99. The van der Waals surface area contributed by atoms with Crippen LogP contribution in [0.5, 0.6) is 5.75 Å². The lowest BCUT2D eigenvalue weighted by atomic mass is 10.1. The van der Waals surface area contributed by atoms with Crippen molar-refractivity contribution in [3.8, 4) is 5.75 Å². The number of benzene rings is 2. The molecule has 1 N–H and O–H groups in total. The van der Waals surface area contributed by atoms with E-state index in [1.54, 1.807) is 17.7 Å². The first-order valence-electron chi connectivity index (χ1n) is 8.72. The van der Waals surface area contributed by atoms with Crippen molar-refractivity contribution in [2.45, 2.75) is 10.1 Å². The van der Waals surface area contributed by atoms with Gasteiger partial charge < -0.3 is 19.4 Å². The molecule has 31 heavy (non-hydrogen) atoms. The topological polar surface area (TPSA) is 138 Å². The summed E-state index contributed by atoms with van der Waals surface area (Å²) in [5, 5.41) is 22.2. The van der Waals surface area contributed by atoms with Gasteiger partial charge in [0.25, 0.3) is 11.6 Å². The summed E-state index contributed by atoms with van der Waals surface area (Å²) in [7, 11) is 4.36. The zero-order chi connectivity index (χ0) is 22.5. The van der Waals surface area contributed by atoms with Crippen molar-refractivity contribution < 1.29 is 24.0 Å². The monoisotopic (exact) mass is 443 g/mol. The number of nitrogens with zero attached hydrogens (tertiary/aromatic N) is 4. The Morgan fingerprint density at radius 2 is 1.97 bits per heavy atom. The van der Waals surface area contributed by atoms with Gasteiger partial charge in [0.2, 0.25) is 0 Å². The molecule has 0 atom stereocenters. The lowest BCUT2D eigenvalue weighted by molar-refractivity contribution is -0.387. The van der Waals surface area contributed by atoms with E-state index in [1.165, 1.54) is 44.8 Å². The average molecular weight is 443 g/mol. The van der Waals surface area contributed by atoms with Gasteiger partial charge in [-0.3, -0.25) is 14.9 Å². The predicted octanol–water partition coefficient (Wildman–Crippen LogP) is 2.92. The van der Waals surface area contributed by atoms with Gasteiger partial charge in [0, 0.05) is 18.7 Å². The Hall–Kier alpha value is -3.93. The van der Waals surface area contributed by atoms with Crippen LogP contribution in [0.3, 0.4) is 0 Å². The first-order chi connectivity index (χ1) is 14.8. The molecule has 1 heterocycles. The number of nitro benzene ring substituents is 1. The van der Waals surface area contributed by atoms with Crippen LogP contribution in [-0.2, 0) is 11.8 Å². The minimum absolute atomic E-state index is 0.0423. The molecular formula is C19H17N5O6S. The molecule has 0 radical (unpaired) electrons. The molecule has 0 aliphatic carbocycles. The molecule has 0 aliphatic heterocycles. The highest BCUT2D eigenvalue weighted by Crippen LogP contribution is 2.34. The third-order valence-electron chi connectivity index (χ3n) is 4.17. The summed E-state index contributed by atoms with van der Waals surface area (Å²) in [4.78, 5) is 36.1. The number of nitro groups is 1. The Kier molecular flexibility index (Phi) is 6.50. The van der Waals surface area contributed by atoms with Crippen LogP contribution >= 0.6 is 11.8 Å². The van der Waals surface area contributed by atoms with Gasteiger partial charge in [-0.2, -0.15) is 0 Å². The molecule has 0 aliphatic rings. The molecule has 2 aromatic carbocycles. The Labute approximate surface area is 180 Å². The van der Waals surface area contributed by atoms with Gasteiger partial charge in [-0.25, -0.2) is 4.79 Å². The largest absolute Gasteiger partial charge is 0.497 e. The smallest absolute Gasteiger partial charge is 0.340 e. The molecule has 0 unspecified atom stereocenters. The molecular weight excluding hydrogens is 426 g/mol. The molecule has 0 saturated carbocycles. The van der Waals surface area contributed by atoms with Crippen molar-refractivity contribution in [1.29, 1.82) is 0 Å². The summed E-state index contributed by atoms with van der Waals surface area (Å²) in [6.45, 7) is 0. The molecule has 160 valence electrons. The quantitative estimate of drug-likeness (QED) is 0.332. The van der Waals surface area contributed by atoms with Gasteiger partial charge >= 0.3 is 5.97 Å². The van der Waals surface area contributed by atoms with Crippen LogP contribution in [0.15, 0.2) is 52.8 Å². The van der Waals surface area contributed by atoms with Gasteiger partial charge in [-0.15, -0.1) is 10.2 Å². The number of hydrogen-bond donors (Lipinski definition) is 1. The predicted molar refractivity (Wildman–Crippen MR) is 111 cm³/mol. The molecule has 1 aromatic heterocycles. The normalized spacial score (nSPS) is 10.4. The summed E-state index contributed by atoms with van der Waals surface area (Å²) in [6.07, 6.45) is 1.48. The van der Waals surface area contributed by atoms with E-state index in [2.05, 4.69) is 15.5 Å². The third kappa shape index (κ3) is 4.80. The number of hydrogen-bond acceptors (Lipinski definition) is 9. The zero-order valence-corrected chi connectivity index (χ0v) is 17.5. The maximum atomic E-state index is 12.7. The Morgan fingerprint density at radius 1 is 1.19 bits per heavy atom. The van der Waals surface area contributed by atoms with E-state index in [0.29, 0.717) is 15.8 Å². The van der Waals surface area contributed by atoms with Crippen LogP contribution in [0, 0.1) is 10.1 Å². The van der Waals surface area contributed by atoms with Gasteiger partial charge in [-0.05, 0) is 42.1 Å². The van der Waals surface area contributed by atoms with E-state index in [0.717, 1.165) is 17.8 Å². The number of carbonyl (C=O) groups excluding carboxylic acids is 2. The number of ether oxygens (including phenoxy) is 2. The van der Waals surface area contributed by atoms with Gasteiger partial charge in [0.1, 0.15) is 12.1 Å². The minimum Gasteiger partial charge on any atom is -0.497 e. The average Bonchev–Trinajstić information content (AvgIpc) is 3.17. The molecule has 0 saturated heterocycles. The van der Waals surface area contributed by atoms with Crippen molar-refractivity contribution >= 4 is 35.0 Å². The first kappa shape index (κ1) is 21.8. The van der Waals surface area contributed by atoms with E-state index in [1.807, 2.05) is 0 Å². The molecule has 12 heteroatoms. The van der Waals surface area contributed by atoms with Crippen LogP contribution in [0.2, 0.25) is 0 Å². The molecule has 0 spiro atoms. The highest BCUT2D eigenvalue weighted by atomic mass is 32.2. The van der Waals surface area contributed by atoms with Gasteiger partial charge in [-0.1, -0.05) is 0 Å². The van der Waals surface area contributed by atoms with E-state index in [4.69, 9.17) is 9.47 Å². The second-order valence-electron chi connectivity index (χ2n) is 6.12. The number of amides is 1. The fourth-order valence-electron chi connectivity index (χ4n) is 2.58. The Bertz CT molecular complexity index is 1160. The van der Waals surface area contributed by atoms with Crippen LogP contribution in [0.25, 0.3) is 0 Å². The van der Waals surface area contributed by atoms with E-state index < -0.39 is 16.8 Å². The molecule has 0 bridgehead atoms. The van der Waals surface area contributed by atoms with Crippen molar-refractivity contribution in [2.24, 2.45) is 7.05 Å². The maximum Gasteiger partial charge on any atom is 0.340 e. The van der Waals surface area contributed by atoms with Crippen LogP contribution < -0.4 is 10.1 Å². The molecule has 3 aromatic rings. The summed E-state index contributed by atoms with van der Waals surface area (Å²) < 4.78 is 11.4. The number of nitrogens with one attached hydrogen (secondary N) is 1. The fraction of sp³-hybridized carbons (Fsp3) is 0.158. The number of anilines is 1. The fourth-order valence-corrected chi connectivity index (χ4v) is 3.43. The third-order valence-corrected chi connectivity index (χ3v) is 5.29. The number of carbonyl (C=O) groups is 2. The van der Waals surface area contributed by atoms with E-state index in [9.17, 15) is 19.7 Å². The van der Waals surface area contributed by atoms with Crippen molar-refractivity contribution in [2.75, 3.05) is 19.5 Å². The highest BCUT2D eigenvalue weighted by Gasteiger charge is 2.21. The second-order valence-corrected chi connectivity index (χ2v) is 7.13. The Balaban J connectivity index is 1.90. The van der Waals surface area contributed by atoms with Gasteiger partial charge in [0.15, 0.2) is 5.16 Å². The SMILES string of the molecule is COC(=O)c1cc(OC)ccc1NC(=O)c1ccc(Sc2nncn2C)c([N+](=O)[O-])c1. The number of methoxy groups -OCH3 is 2. The lowest BCUT2D eigenvalue weighted by Crippen LogP contribution is -2.16. The van der Waals surface area contributed by atoms with Crippen molar-refractivity contribution in [1.82, 2.24) is 14.8 Å². The second kappa shape index (κ2) is 9.26. The minimum atomic E-state index is -0.671. The van der Waals surface area contributed by atoms with Crippen LogP contribution in [0.4, 0.5) is 11.4 Å². The number of esters is 1. The standard InChI is InChI=1S/C19H17N5O6S/c1-23-10-20-22-19(23)31-16-7-4-11(8-15(16)24(27)28)17(25)21-14-6-5-12(29-2)9-13(14)18(26)30-3/h4-10H,1-3H3,(H,21,25). The summed E-state index contributed by atoms with van der Waals surface area (Å²) in [6, 6.07) is 8.53. The van der Waals surface area contributed by atoms with Crippen LogP contribution in [-0.4, -0.2) is 45.8 Å². The van der Waals surface area contributed by atoms with Crippen molar-refractivity contribution in [3.05, 3.63) is 64.0 Å². The summed E-state index contributed by atoms with van der Waals surface area (Å²) >= 11 is 1.05. The van der Waals surface area contributed by atoms with Crippen LogP contribution in [0.1, 0.15) is 20.7 Å². The number of rotatable bonds is 7.